The molecule has 2 aromatic carbocycles. The lowest BCUT2D eigenvalue weighted by atomic mass is 9.94. The van der Waals surface area contributed by atoms with Crippen LogP contribution < -0.4 is 10.9 Å². The standard InChI is InChI=1S/C24H26N6/c1-25-15-12-22-23(19-10-11-21-20(16-19)17-28-29-21)24(18-8-4-2-5-9-18)30-27-14-7-3-6-13-26-22/h2,4-5,8-12,15-17,27,30H,1,3,6-7,13-14H2,(H,28,29)/b15-12-,24-23?,26-22?. The number of nitrogens with zero attached hydrogens (tertiary/aromatic N) is 3. The molecule has 4 rings (SSSR count). The minimum atomic E-state index is 0.774. The minimum Gasteiger partial charge on any atom is -0.320 e. The molecule has 1 aromatic heterocycles. The van der Waals surface area contributed by atoms with Crippen molar-refractivity contribution < 1.29 is 0 Å². The molecular formula is C24H26N6. The van der Waals surface area contributed by atoms with E-state index in [0.29, 0.717) is 0 Å². The second-order valence-electron chi connectivity index (χ2n) is 7.17. The van der Waals surface area contributed by atoms with E-state index in [9.17, 15) is 0 Å². The van der Waals surface area contributed by atoms with Crippen LogP contribution in [0.5, 0.6) is 0 Å². The van der Waals surface area contributed by atoms with Crippen molar-refractivity contribution in [1.29, 1.82) is 0 Å². The zero-order valence-corrected chi connectivity index (χ0v) is 16.9. The number of benzene rings is 2. The number of fused-ring (bicyclic) bond motifs is 1. The summed E-state index contributed by atoms with van der Waals surface area (Å²) in [6.07, 6.45) is 8.76. The summed E-state index contributed by atoms with van der Waals surface area (Å²) >= 11 is 0. The number of aliphatic imine (C=N–C) groups is 2. The third kappa shape index (κ3) is 4.55. The maximum absolute atomic E-state index is 4.96. The molecule has 0 unspecified atom stereocenters. The molecule has 152 valence electrons. The summed E-state index contributed by atoms with van der Waals surface area (Å²) in [7, 11) is 0. The Morgan fingerprint density at radius 2 is 1.90 bits per heavy atom. The summed E-state index contributed by atoms with van der Waals surface area (Å²) in [5, 5.41) is 8.25. The molecule has 0 amide bonds. The molecule has 0 bridgehead atoms. The van der Waals surface area contributed by atoms with Crippen LogP contribution in [0.1, 0.15) is 30.4 Å². The van der Waals surface area contributed by atoms with Gasteiger partial charge in [-0.25, -0.2) is 5.43 Å². The predicted octanol–water partition coefficient (Wildman–Crippen LogP) is 4.36. The van der Waals surface area contributed by atoms with Crippen molar-refractivity contribution in [2.75, 3.05) is 13.1 Å². The van der Waals surface area contributed by atoms with Gasteiger partial charge in [-0.3, -0.25) is 15.1 Å². The smallest absolute Gasteiger partial charge is 0.0689 e. The first-order valence-corrected chi connectivity index (χ1v) is 10.3. The number of rotatable bonds is 4. The summed E-state index contributed by atoms with van der Waals surface area (Å²) in [4.78, 5) is 8.89. The van der Waals surface area contributed by atoms with Gasteiger partial charge in [-0.15, -0.1) is 0 Å². The first-order valence-electron chi connectivity index (χ1n) is 10.3. The van der Waals surface area contributed by atoms with Gasteiger partial charge in [0, 0.05) is 30.2 Å². The zero-order valence-electron chi connectivity index (χ0n) is 16.9. The van der Waals surface area contributed by atoms with Gasteiger partial charge in [0.05, 0.1) is 23.1 Å². The molecule has 0 aliphatic carbocycles. The van der Waals surface area contributed by atoms with Crippen LogP contribution in [-0.2, 0) is 0 Å². The van der Waals surface area contributed by atoms with Crippen molar-refractivity contribution in [3.63, 3.8) is 0 Å². The van der Waals surface area contributed by atoms with E-state index in [1.165, 1.54) is 0 Å². The number of hydrogen-bond donors (Lipinski definition) is 3. The lowest BCUT2D eigenvalue weighted by molar-refractivity contribution is 0.580. The normalized spacial score (nSPS) is 16.2. The van der Waals surface area contributed by atoms with E-state index in [1.807, 2.05) is 30.5 Å². The number of H-pyrrole nitrogens is 1. The summed E-state index contributed by atoms with van der Waals surface area (Å²) in [6, 6.07) is 16.6. The summed E-state index contributed by atoms with van der Waals surface area (Å²) in [5.41, 5.74) is 12.9. The van der Waals surface area contributed by atoms with Crippen molar-refractivity contribution >= 4 is 34.6 Å². The average Bonchev–Trinajstić information content (AvgIpc) is 3.24. The molecule has 2 heterocycles. The van der Waals surface area contributed by atoms with Gasteiger partial charge in [0.1, 0.15) is 0 Å². The summed E-state index contributed by atoms with van der Waals surface area (Å²) in [6.45, 7) is 5.26. The van der Waals surface area contributed by atoms with Crippen LogP contribution in [0.4, 0.5) is 0 Å². The summed E-state index contributed by atoms with van der Waals surface area (Å²) < 4.78 is 0. The van der Waals surface area contributed by atoms with Gasteiger partial charge in [0.15, 0.2) is 0 Å². The number of aromatic amines is 1. The van der Waals surface area contributed by atoms with Crippen molar-refractivity contribution in [1.82, 2.24) is 21.0 Å². The van der Waals surface area contributed by atoms with E-state index in [0.717, 1.165) is 71.4 Å². The first kappa shape index (κ1) is 19.8. The molecule has 1 aliphatic rings. The van der Waals surface area contributed by atoms with Gasteiger partial charge in [-0.2, -0.15) is 5.10 Å². The highest BCUT2D eigenvalue weighted by Crippen LogP contribution is 2.29. The van der Waals surface area contributed by atoms with E-state index in [-0.39, 0.29) is 0 Å². The topological polar surface area (TPSA) is 77.5 Å². The molecule has 0 spiro atoms. The number of nitrogens with one attached hydrogen (secondary N) is 3. The van der Waals surface area contributed by atoms with E-state index >= 15 is 0 Å². The largest absolute Gasteiger partial charge is 0.320 e. The van der Waals surface area contributed by atoms with Crippen LogP contribution in [-0.4, -0.2) is 35.7 Å². The second kappa shape index (κ2) is 9.80. The van der Waals surface area contributed by atoms with Crippen molar-refractivity contribution in [3.05, 3.63) is 78.1 Å². The monoisotopic (exact) mass is 398 g/mol. The molecule has 3 N–H and O–H groups in total. The van der Waals surface area contributed by atoms with Gasteiger partial charge in [0.25, 0.3) is 0 Å². The number of aromatic nitrogens is 2. The van der Waals surface area contributed by atoms with Crippen molar-refractivity contribution in [2.45, 2.75) is 19.3 Å². The van der Waals surface area contributed by atoms with Gasteiger partial charge >= 0.3 is 0 Å². The lowest BCUT2D eigenvalue weighted by Crippen LogP contribution is -2.32. The van der Waals surface area contributed by atoms with Gasteiger partial charge in [-0.1, -0.05) is 42.8 Å². The molecule has 0 atom stereocenters. The van der Waals surface area contributed by atoms with Crippen LogP contribution in [0.15, 0.2) is 77.0 Å². The maximum atomic E-state index is 4.96. The molecule has 6 nitrogen and oxygen atoms in total. The molecule has 3 aromatic rings. The fourth-order valence-corrected chi connectivity index (χ4v) is 3.59. The average molecular weight is 399 g/mol. The zero-order chi connectivity index (χ0) is 20.6. The highest BCUT2D eigenvalue weighted by Gasteiger charge is 2.17. The SMILES string of the molecule is C=N/C=C\C1=NCCCCCNNC(c2ccccc2)=C1c1ccc2[nH]ncc2c1. The Bertz CT molecular complexity index is 1090. The quantitative estimate of drug-likeness (QED) is 0.571. The van der Waals surface area contributed by atoms with Crippen LogP contribution >= 0.6 is 0 Å². The Morgan fingerprint density at radius 1 is 1.00 bits per heavy atom. The number of allylic oxidation sites excluding steroid dienone is 2. The molecule has 6 heteroatoms. The molecule has 0 radical (unpaired) electrons. The number of hydrazine groups is 1. The van der Waals surface area contributed by atoms with Gasteiger partial charge in [-0.05, 0) is 48.9 Å². The molecule has 0 saturated carbocycles. The second-order valence-corrected chi connectivity index (χ2v) is 7.17. The highest BCUT2D eigenvalue weighted by molar-refractivity contribution is 6.34. The third-order valence-electron chi connectivity index (χ3n) is 5.09. The van der Waals surface area contributed by atoms with Crippen LogP contribution in [0.25, 0.3) is 22.2 Å². The van der Waals surface area contributed by atoms with Gasteiger partial charge < -0.3 is 5.43 Å². The minimum absolute atomic E-state index is 0.774. The predicted molar refractivity (Wildman–Crippen MR) is 125 cm³/mol. The maximum Gasteiger partial charge on any atom is 0.0689 e. The fraction of sp³-hybridized carbons (Fsp3) is 0.208. The highest BCUT2D eigenvalue weighted by atomic mass is 15.4. The molecular weight excluding hydrogens is 372 g/mol. The van der Waals surface area contributed by atoms with Crippen molar-refractivity contribution in [3.8, 4) is 0 Å². The van der Waals surface area contributed by atoms with E-state index in [1.54, 1.807) is 6.20 Å². The lowest BCUT2D eigenvalue weighted by Gasteiger charge is -2.19. The number of hydrogen-bond acceptors (Lipinski definition) is 5. The van der Waals surface area contributed by atoms with Crippen molar-refractivity contribution in [2.24, 2.45) is 9.98 Å². The van der Waals surface area contributed by atoms with Crippen LogP contribution in [0.3, 0.4) is 0 Å². The Hall–Kier alpha value is -3.51. The summed E-state index contributed by atoms with van der Waals surface area (Å²) in [5.74, 6) is 0. The van der Waals surface area contributed by atoms with E-state index < -0.39 is 0 Å². The van der Waals surface area contributed by atoms with E-state index in [4.69, 9.17) is 4.99 Å². The molecule has 1 aliphatic heterocycles. The molecule has 30 heavy (non-hydrogen) atoms. The van der Waals surface area contributed by atoms with E-state index in [2.05, 4.69) is 63.1 Å². The van der Waals surface area contributed by atoms with Crippen LogP contribution in [0.2, 0.25) is 0 Å². The Balaban J connectivity index is 1.97. The Morgan fingerprint density at radius 3 is 2.77 bits per heavy atom. The first-order chi connectivity index (χ1) is 14.9. The van der Waals surface area contributed by atoms with Crippen LogP contribution in [0, 0.1) is 0 Å². The van der Waals surface area contributed by atoms with Gasteiger partial charge in [0.2, 0.25) is 0 Å². The molecule has 0 fully saturated rings. The Labute approximate surface area is 176 Å². The fourth-order valence-electron chi connectivity index (χ4n) is 3.59. The Kier molecular flexibility index (Phi) is 6.47. The third-order valence-corrected chi connectivity index (χ3v) is 5.09. The molecule has 0 saturated heterocycles.